The Morgan fingerprint density at radius 2 is 1.87 bits per heavy atom. The summed E-state index contributed by atoms with van der Waals surface area (Å²) < 4.78 is 1.77. The molecule has 5 nitrogen and oxygen atoms in total. The number of fused-ring (bicyclic) bond motifs is 2. The number of aromatic nitrogens is 3. The summed E-state index contributed by atoms with van der Waals surface area (Å²) >= 11 is 6.90. The molecule has 1 aliphatic rings. The van der Waals surface area contributed by atoms with Gasteiger partial charge in [0.25, 0.3) is 0 Å². The van der Waals surface area contributed by atoms with Gasteiger partial charge >= 0.3 is 0 Å². The molecule has 5 rings (SSSR count). The number of aryl methyl sites for hydroxylation is 1. The number of nitrogens with one attached hydrogen (secondary N) is 1. The highest BCUT2D eigenvalue weighted by Gasteiger charge is 2.19. The molecule has 2 aromatic carbocycles. The molecule has 0 spiro atoms. The first kappa shape index (κ1) is 19.2. The molecule has 0 aliphatic heterocycles. The van der Waals surface area contributed by atoms with E-state index in [1.54, 1.807) is 4.52 Å². The van der Waals surface area contributed by atoms with E-state index in [9.17, 15) is 0 Å². The van der Waals surface area contributed by atoms with Gasteiger partial charge in [-0.2, -0.15) is 0 Å². The van der Waals surface area contributed by atoms with E-state index in [0.29, 0.717) is 23.9 Å². The molecular formula is C24H23ClN4O. The Kier molecular flexibility index (Phi) is 5.25. The summed E-state index contributed by atoms with van der Waals surface area (Å²) in [6.07, 6.45) is 5.35. The van der Waals surface area contributed by atoms with Gasteiger partial charge in [-0.1, -0.05) is 41.9 Å². The van der Waals surface area contributed by atoms with Crippen molar-refractivity contribution < 1.29 is 5.11 Å². The number of benzene rings is 2. The van der Waals surface area contributed by atoms with E-state index in [4.69, 9.17) is 21.7 Å². The van der Waals surface area contributed by atoms with E-state index in [-0.39, 0.29) is 6.61 Å². The van der Waals surface area contributed by atoms with Gasteiger partial charge in [-0.25, -0.2) is 9.50 Å². The fourth-order valence-corrected chi connectivity index (χ4v) is 4.56. The number of aliphatic hydroxyl groups is 1. The summed E-state index contributed by atoms with van der Waals surface area (Å²) in [5.74, 6) is 0.620. The molecule has 6 heteroatoms. The van der Waals surface area contributed by atoms with Crippen LogP contribution >= 0.6 is 11.6 Å². The molecule has 152 valence electrons. The minimum absolute atomic E-state index is 0.122. The summed E-state index contributed by atoms with van der Waals surface area (Å²) in [5, 5.41) is 17.4. The average Bonchev–Trinajstić information content (AvgIpc) is 3.40. The number of aliphatic hydroxyl groups excluding tert-OH is 1. The predicted octanol–water partition coefficient (Wildman–Crippen LogP) is 4.29. The number of rotatable bonds is 6. The van der Waals surface area contributed by atoms with Crippen LogP contribution in [0.1, 0.15) is 23.1 Å². The van der Waals surface area contributed by atoms with Crippen molar-refractivity contribution >= 4 is 17.2 Å². The number of halogens is 1. The summed E-state index contributed by atoms with van der Waals surface area (Å²) in [7, 11) is 0. The molecule has 0 unspecified atom stereocenters. The highest BCUT2D eigenvalue weighted by Crippen LogP contribution is 2.39. The second-order valence-corrected chi connectivity index (χ2v) is 8.02. The molecule has 0 fully saturated rings. The molecule has 0 radical (unpaired) electrons. The van der Waals surface area contributed by atoms with Gasteiger partial charge in [-0.05, 0) is 59.7 Å². The maximum atomic E-state index is 8.93. The van der Waals surface area contributed by atoms with Crippen LogP contribution < -0.4 is 5.32 Å². The third-order valence-electron chi connectivity index (χ3n) is 5.70. The lowest BCUT2D eigenvalue weighted by molar-refractivity contribution is 0.292. The van der Waals surface area contributed by atoms with Crippen molar-refractivity contribution in [3.63, 3.8) is 0 Å². The van der Waals surface area contributed by atoms with E-state index in [1.807, 2.05) is 30.5 Å². The van der Waals surface area contributed by atoms with Crippen LogP contribution in [-0.4, -0.2) is 32.9 Å². The van der Waals surface area contributed by atoms with Gasteiger partial charge in [0.1, 0.15) is 0 Å². The van der Waals surface area contributed by atoms with Crippen molar-refractivity contribution in [2.75, 3.05) is 13.2 Å². The van der Waals surface area contributed by atoms with E-state index in [2.05, 4.69) is 34.7 Å². The molecule has 1 aliphatic carbocycles. The van der Waals surface area contributed by atoms with Crippen LogP contribution in [0.2, 0.25) is 5.02 Å². The van der Waals surface area contributed by atoms with E-state index in [0.717, 1.165) is 35.2 Å². The van der Waals surface area contributed by atoms with Crippen molar-refractivity contribution in [2.45, 2.75) is 25.8 Å². The lowest BCUT2D eigenvalue weighted by Crippen LogP contribution is -2.17. The largest absolute Gasteiger partial charge is 0.395 e. The van der Waals surface area contributed by atoms with Crippen molar-refractivity contribution in [3.8, 4) is 22.5 Å². The zero-order valence-electron chi connectivity index (χ0n) is 16.6. The lowest BCUT2D eigenvalue weighted by Gasteiger charge is -2.12. The van der Waals surface area contributed by atoms with Crippen LogP contribution in [0, 0.1) is 0 Å². The second-order valence-electron chi connectivity index (χ2n) is 7.64. The van der Waals surface area contributed by atoms with Crippen LogP contribution in [0.25, 0.3) is 28.2 Å². The molecule has 0 atom stereocenters. The van der Waals surface area contributed by atoms with Crippen molar-refractivity contribution in [2.24, 2.45) is 0 Å². The number of nitrogens with zero attached hydrogens (tertiary/aromatic N) is 3. The lowest BCUT2D eigenvalue weighted by atomic mass is 9.95. The van der Waals surface area contributed by atoms with Gasteiger partial charge in [0.2, 0.25) is 0 Å². The van der Waals surface area contributed by atoms with Crippen LogP contribution in [0.15, 0.2) is 54.7 Å². The molecule has 2 N–H and O–H groups in total. The second kappa shape index (κ2) is 8.19. The van der Waals surface area contributed by atoms with Gasteiger partial charge in [0.05, 0.1) is 11.6 Å². The highest BCUT2D eigenvalue weighted by atomic mass is 35.5. The summed E-state index contributed by atoms with van der Waals surface area (Å²) in [5.41, 5.74) is 7.82. The smallest absolute Gasteiger partial charge is 0.183 e. The molecule has 30 heavy (non-hydrogen) atoms. The first-order valence-electron chi connectivity index (χ1n) is 10.3. The van der Waals surface area contributed by atoms with Crippen molar-refractivity contribution in [1.82, 2.24) is 19.9 Å². The Balaban J connectivity index is 1.53. The number of pyridine rings is 1. The van der Waals surface area contributed by atoms with Crippen molar-refractivity contribution in [1.29, 1.82) is 0 Å². The number of hydrogen-bond acceptors (Lipinski definition) is 4. The monoisotopic (exact) mass is 418 g/mol. The Bertz CT molecular complexity index is 1220. The first-order valence-corrected chi connectivity index (χ1v) is 10.7. The highest BCUT2D eigenvalue weighted by molar-refractivity contribution is 6.36. The zero-order chi connectivity index (χ0) is 20.5. The molecular weight excluding hydrogens is 396 g/mol. The maximum Gasteiger partial charge on any atom is 0.183 e. The standard InChI is InChI=1S/C24H23ClN4O/c25-23-20(19-7-2-5-17-4-1-6-18(17)19)8-3-9-21(23)24-27-22-14-16(15-26-11-13-30)10-12-29(22)28-24/h2-3,5,7-10,12,14,26,30H,1,4,6,11,13,15H2. The van der Waals surface area contributed by atoms with E-state index >= 15 is 0 Å². The Morgan fingerprint density at radius 1 is 1.03 bits per heavy atom. The normalized spacial score (nSPS) is 13.1. The quantitative estimate of drug-likeness (QED) is 0.458. The fraction of sp³-hybridized carbons (Fsp3) is 0.250. The Labute approximate surface area is 180 Å². The SMILES string of the molecule is OCCNCc1ccn2nc(-c3cccc(-c4cccc5c4CCC5)c3Cl)nc2c1. The van der Waals surface area contributed by atoms with Crippen LogP contribution in [-0.2, 0) is 19.4 Å². The molecule has 0 amide bonds. The minimum Gasteiger partial charge on any atom is -0.395 e. The summed E-state index contributed by atoms with van der Waals surface area (Å²) in [6.45, 7) is 1.36. The van der Waals surface area contributed by atoms with E-state index in [1.165, 1.54) is 23.1 Å². The van der Waals surface area contributed by atoms with Crippen LogP contribution in [0.4, 0.5) is 0 Å². The van der Waals surface area contributed by atoms with Gasteiger partial charge in [-0.15, -0.1) is 5.10 Å². The average molecular weight is 419 g/mol. The molecule has 2 heterocycles. The third-order valence-corrected chi connectivity index (χ3v) is 6.10. The topological polar surface area (TPSA) is 62.5 Å². The molecule has 0 saturated carbocycles. The molecule has 4 aromatic rings. The Hall–Kier alpha value is -2.73. The van der Waals surface area contributed by atoms with Gasteiger partial charge in [0.15, 0.2) is 11.5 Å². The van der Waals surface area contributed by atoms with Gasteiger partial charge < -0.3 is 10.4 Å². The van der Waals surface area contributed by atoms with Crippen molar-refractivity contribution in [3.05, 3.63) is 76.4 Å². The molecule has 2 aromatic heterocycles. The maximum absolute atomic E-state index is 8.93. The third kappa shape index (κ3) is 3.49. The fourth-order valence-electron chi connectivity index (χ4n) is 4.24. The number of hydrogen-bond donors (Lipinski definition) is 2. The minimum atomic E-state index is 0.122. The molecule has 0 bridgehead atoms. The van der Waals surface area contributed by atoms with Crippen LogP contribution in [0.5, 0.6) is 0 Å². The Morgan fingerprint density at radius 3 is 2.77 bits per heavy atom. The zero-order valence-corrected chi connectivity index (χ0v) is 17.4. The first-order chi connectivity index (χ1) is 14.7. The predicted molar refractivity (Wildman–Crippen MR) is 120 cm³/mol. The van der Waals surface area contributed by atoms with Gasteiger partial charge in [0, 0.05) is 30.4 Å². The summed E-state index contributed by atoms with van der Waals surface area (Å²) in [4.78, 5) is 4.73. The van der Waals surface area contributed by atoms with E-state index < -0.39 is 0 Å². The molecule has 0 saturated heterocycles. The van der Waals surface area contributed by atoms with Crippen LogP contribution in [0.3, 0.4) is 0 Å². The van der Waals surface area contributed by atoms with Gasteiger partial charge in [-0.3, -0.25) is 0 Å². The summed E-state index contributed by atoms with van der Waals surface area (Å²) in [6, 6.07) is 16.6.